The van der Waals surface area contributed by atoms with Gasteiger partial charge >= 0.3 is 0 Å². The van der Waals surface area contributed by atoms with Crippen molar-refractivity contribution in [2.75, 3.05) is 35.6 Å². The van der Waals surface area contributed by atoms with E-state index in [0.717, 1.165) is 12.8 Å². The van der Waals surface area contributed by atoms with Crippen LogP contribution in [0.15, 0.2) is 4.79 Å². The molecule has 0 amide bonds. The molecule has 1 saturated heterocycles. The number of nitrogens with zero attached hydrogens (tertiary/aromatic N) is 2. The molecule has 1 aromatic heterocycles. The van der Waals surface area contributed by atoms with Crippen LogP contribution in [0.1, 0.15) is 12.8 Å². The number of aliphatic hydroxyl groups excluding tert-OH is 1. The summed E-state index contributed by atoms with van der Waals surface area (Å²) in [6.45, 7) is 0.931. The van der Waals surface area contributed by atoms with Crippen LogP contribution >= 0.6 is 8.81 Å². The molecule has 116 valence electrons. The van der Waals surface area contributed by atoms with Gasteiger partial charge in [0.15, 0.2) is 5.82 Å². The number of aromatic amines is 1. The van der Waals surface area contributed by atoms with Crippen LogP contribution in [0, 0.1) is 0 Å². The molecule has 5 N–H and O–H groups in total. The van der Waals surface area contributed by atoms with Crippen molar-refractivity contribution >= 4 is 26.3 Å². The first-order valence-electron chi connectivity index (χ1n) is 6.70. The maximum absolute atomic E-state index is 11.8. The van der Waals surface area contributed by atoms with Gasteiger partial charge in [-0.25, -0.2) is 0 Å². The third kappa shape index (κ3) is 2.96. The van der Waals surface area contributed by atoms with E-state index in [1.54, 1.807) is 0 Å². The van der Waals surface area contributed by atoms with Crippen LogP contribution in [0.25, 0.3) is 0 Å². The molecule has 3 rings (SSSR count). The molecular formula is C11H18N5O4P. The Bertz CT molecular complexity index is 568. The average molecular weight is 315 g/mol. The van der Waals surface area contributed by atoms with Gasteiger partial charge in [0.25, 0.3) is 5.56 Å². The fraction of sp³-hybridized carbons (Fsp3) is 0.636. The summed E-state index contributed by atoms with van der Waals surface area (Å²) in [6, 6.07) is 0. The van der Waals surface area contributed by atoms with Gasteiger partial charge < -0.3 is 30.3 Å². The second-order valence-corrected chi connectivity index (χ2v) is 5.75. The molecule has 0 bridgehead atoms. The van der Waals surface area contributed by atoms with Gasteiger partial charge in [-0.05, 0) is 12.8 Å². The molecule has 0 radical (unpaired) electrons. The van der Waals surface area contributed by atoms with Gasteiger partial charge in [0, 0.05) is 8.81 Å². The van der Waals surface area contributed by atoms with E-state index in [0.29, 0.717) is 24.8 Å². The lowest BCUT2D eigenvalue weighted by atomic mass is 10.2. The number of hydrogen-bond acceptors (Lipinski definition) is 8. The number of hydrogen-bond donors (Lipinski definition) is 4. The van der Waals surface area contributed by atoms with Gasteiger partial charge in [-0.15, -0.1) is 0 Å². The van der Waals surface area contributed by atoms with Crippen LogP contribution in [-0.4, -0.2) is 47.0 Å². The molecular weight excluding hydrogens is 297 g/mol. The van der Waals surface area contributed by atoms with E-state index in [1.165, 1.54) is 0 Å². The average Bonchev–Trinajstić information content (AvgIpc) is 3.05. The van der Waals surface area contributed by atoms with Crippen LogP contribution in [-0.2, 0) is 9.26 Å². The largest absolute Gasteiger partial charge is 0.390 e. The van der Waals surface area contributed by atoms with Crippen molar-refractivity contribution in [2.45, 2.75) is 25.2 Å². The Morgan fingerprint density at radius 1 is 1.57 bits per heavy atom. The fourth-order valence-electron chi connectivity index (χ4n) is 2.56. The topological polar surface area (TPSA) is 126 Å². The summed E-state index contributed by atoms with van der Waals surface area (Å²) < 4.78 is 11.2. The molecule has 0 saturated carbocycles. The molecule has 0 spiro atoms. The van der Waals surface area contributed by atoms with Gasteiger partial charge in [-0.3, -0.25) is 9.78 Å². The summed E-state index contributed by atoms with van der Waals surface area (Å²) in [7, 11) is 0.0834. The molecule has 2 aliphatic rings. The highest BCUT2D eigenvalue weighted by atomic mass is 31.1. The molecule has 0 aromatic carbocycles. The van der Waals surface area contributed by atoms with E-state index in [2.05, 4.69) is 15.3 Å². The predicted octanol–water partition coefficient (Wildman–Crippen LogP) is -0.394. The Labute approximate surface area is 122 Å². The lowest BCUT2D eigenvalue weighted by molar-refractivity contribution is 0.0204. The zero-order chi connectivity index (χ0) is 14.8. The number of nitrogens with one attached hydrogen (secondary N) is 2. The van der Waals surface area contributed by atoms with E-state index < -0.39 is 0 Å². The lowest BCUT2D eigenvalue weighted by Crippen LogP contribution is -2.36. The number of nitrogens with two attached hydrogens (primary N) is 1. The van der Waals surface area contributed by atoms with Crippen molar-refractivity contribution in [1.82, 2.24) is 9.97 Å². The number of nitrogen functional groups attached to an aromatic ring is 1. The third-order valence-corrected chi connectivity index (χ3v) is 3.99. The maximum Gasteiger partial charge on any atom is 0.277 e. The van der Waals surface area contributed by atoms with Crippen molar-refractivity contribution in [3.8, 4) is 0 Å². The highest BCUT2D eigenvalue weighted by Gasteiger charge is 2.35. The van der Waals surface area contributed by atoms with Crippen molar-refractivity contribution < 1.29 is 14.4 Å². The lowest BCUT2D eigenvalue weighted by Gasteiger charge is -2.24. The number of aromatic nitrogens is 2. The third-order valence-electron chi connectivity index (χ3n) is 3.49. The number of H-pyrrole nitrogens is 1. The molecule has 21 heavy (non-hydrogen) atoms. The van der Waals surface area contributed by atoms with Gasteiger partial charge in [-0.1, -0.05) is 0 Å². The van der Waals surface area contributed by atoms with E-state index >= 15 is 0 Å². The van der Waals surface area contributed by atoms with Crippen LogP contribution in [0.3, 0.4) is 0 Å². The first kappa shape index (κ1) is 14.5. The van der Waals surface area contributed by atoms with E-state index in [1.807, 2.05) is 4.90 Å². The minimum absolute atomic E-state index is 0.00237. The second-order valence-electron chi connectivity index (χ2n) is 4.86. The molecule has 3 heterocycles. The number of aliphatic hydroxyl groups is 1. The van der Waals surface area contributed by atoms with Crippen LogP contribution in [0.4, 0.5) is 17.5 Å². The minimum Gasteiger partial charge on any atom is -0.390 e. The fourth-order valence-corrected chi connectivity index (χ4v) is 2.95. The monoisotopic (exact) mass is 315 g/mol. The van der Waals surface area contributed by atoms with Gasteiger partial charge in [0.1, 0.15) is 11.9 Å². The van der Waals surface area contributed by atoms with Crippen molar-refractivity contribution in [2.24, 2.45) is 0 Å². The Morgan fingerprint density at radius 2 is 2.43 bits per heavy atom. The summed E-state index contributed by atoms with van der Waals surface area (Å²) in [5.74, 6) is 0.620. The Morgan fingerprint density at radius 3 is 3.24 bits per heavy atom. The molecule has 1 aromatic rings. The second kappa shape index (κ2) is 6.15. The van der Waals surface area contributed by atoms with Gasteiger partial charge in [-0.2, -0.15) is 4.98 Å². The normalized spacial score (nSPS) is 24.7. The summed E-state index contributed by atoms with van der Waals surface area (Å²) in [5, 5.41) is 11.7. The highest BCUT2D eigenvalue weighted by Crippen LogP contribution is 2.33. The smallest absolute Gasteiger partial charge is 0.277 e. The molecule has 10 heteroatoms. The zero-order valence-corrected chi connectivity index (χ0v) is 12.3. The summed E-state index contributed by atoms with van der Waals surface area (Å²) in [5.41, 5.74) is 5.75. The number of anilines is 3. The van der Waals surface area contributed by atoms with Gasteiger partial charge in [0.2, 0.25) is 5.95 Å². The van der Waals surface area contributed by atoms with Crippen molar-refractivity contribution in [3.63, 3.8) is 0 Å². The molecule has 2 aliphatic heterocycles. The van der Waals surface area contributed by atoms with Crippen LogP contribution in [0.5, 0.6) is 0 Å². The maximum atomic E-state index is 11.8. The van der Waals surface area contributed by atoms with Crippen LogP contribution in [0.2, 0.25) is 0 Å². The number of fused-ring (bicyclic) bond motifs is 1. The molecule has 9 nitrogen and oxygen atoms in total. The molecule has 1 fully saturated rings. The standard InChI is InChI=1S/C11H18N5O4P/c12-11-14-9-8(10(18)15-11)13-4-16(9)7-2-1-6(20-7)3-19-21-5-17/h6-7,13,17,21H,1-5H2,(H3,12,14,15,18)/t6-,7+/m0/s1. The summed E-state index contributed by atoms with van der Waals surface area (Å²) in [4.78, 5) is 20.3. The number of rotatable bonds is 5. The number of ether oxygens (including phenoxy) is 1. The Balaban J connectivity index is 1.67. The molecule has 1 unspecified atom stereocenters. The zero-order valence-electron chi connectivity index (χ0n) is 11.3. The first-order valence-corrected chi connectivity index (χ1v) is 7.82. The van der Waals surface area contributed by atoms with Gasteiger partial charge in [0.05, 0.1) is 25.7 Å². The highest BCUT2D eigenvalue weighted by molar-refractivity contribution is 7.31. The molecule has 3 atom stereocenters. The van der Waals surface area contributed by atoms with Crippen LogP contribution < -0.4 is 21.5 Å². The van der Waals surface area contributed by atoms with E-state index in [4.69, 9.17) is 20.1 Å². The predicted molar refractivity (Wildman–Crippen MR) is 79.5 cm³/mol. The van der Waals surface area contributed by atoms with Crippen molar-refractivity contribution in [1.29, 1.82) is 0 Å². The SMILES string of the molecule is Nc1nc2c(c(=O)[nH]1)NCN2[C@H]1CC[C@@H](COPCO)O1. The minimum atomic E-state index is -0.276. The molecule has 0 aliphatic carbocycles. The summed E-state index contributed by atoms with van der Waals surface area (Å²) in [6.07, 6.45) is 1.57. The van der Waals surface area contributed by atoms with E-state index in [9.17, 15) is 4.79 Å². The first-order chi connectivity index (χ1) is 10.2. The Kier molecular flexibility index (Phi) is 4.25. The quantitative estimate of drug-likeness (QED) is 0.427. The summed E-state index contributed by atoms with van der Waals surface area (Å²) >= 11 is 0. The Hall–Kier alpha value is -1.41. The van der Waals surface area contributed by atoms with E-state index in [-0.39, 0.29) is 39.0 Å². The van der Waals surface area contributed by atoms with Crippen molar-refractivity contribution in [3.05, 3.63) is 10.4 Å².